The molecule has 2 aliphatic carbocycles. The molecule has 43 heavy (non-hydrogen) atoms. The van der Waals surface area contributed by atoms with Crippen LogP contribution in [0.2, 0.25) is 0 Å². The maximum Gasteiger partial charge on any atom is 0.303 e. The van der Waals surface area contributed by atoms with Crippen molar-refractivity contribution in [3.05, 3.63) is 54.8 Å². The Kier molecular flexibility index (Phi) is 6.02. The van der Waals surface area contributed by atoms with Crippen molar-refractivity contribution in [2.45, 2.75) is 57.8 Å². The number of methoxy groups -OCH3 is 1. The molecule has 2 aromatic carbocycles. The van der Waals surface area contributed by atoms with Crippen LogP contribution in [0.25, 0.3) is 32.9 Å². The summed E-state index contributed by atoms with van der Waals surface area (Å²) < 4.78 is 30.7. The molecule has 12 nitrogen and oxygen atoms in total. The van der Waals surface area contributed by atoms with Crippen LogP contribution in [0.15, 0.2) is 20.1 Å². The number of aliphatic hydroxyl groups is 1. The summed E-state index contributed by atoms with van der Waals surface area (Å²) in [6.45, 7) is 3.03. The third kappa shape index (κ3) is 3.59. The van der Waals surface area contributed by atoms with Crippen molar-refractivity contribution in [1.29, 1.82) is 0 Å². The maximum absolute atomic E-state index is 14.0. The van der Waals surface area contributed by atoms with Gasteiger partial charge < -0.3 is 43.3 Å². The van der Waals surface area contributed by atoms with Crippen LogP contribution >= 0.6 is 0 Å². The average Bonchev–Trinajstić information content (AvgIpc) is 2.97. The number of aryl methyl sites for hydroxylation is 1. The summed E-state index contributed by atoms with van der Waals surface area (Å²) in [5, 5.41) is 34.6. The number of carbonyl (C=O) groups excluding carboxylic acids is 1. The van der Waals surface area contributed by atoms with E-state index in [1.54, 1.807) is 13.1 Å². The molecule has 3 atom stereocenters. The highest BCUT2D eigenvalue weighted by molar-refractivity contribution is 6.07. The minimum Gasteiger partial charge on any atom is -0.506 e. The zero-order chi connectivity index (χ0) is 30.5. The molecule has 0 saturated carbocycles. The number of phenolic OH excluding ortho intramolecular Hbond substituents is 2. The van der Waals surface area contributed by atoms with Crippen molar-refractivity contribution >= 4 is 27.7 Å². The second-order valence-electron chi connectivity index (χ2n) is 11.1. The number of aromatic nitrogens is 1. The van der Waals surface area contributed by atoms with Crippen molar-refractivity contribution < 1.29 is 43.5 Å². The summed E-state index contributed by atoms with van der Waals surface area (Å²) in [5.74, 6) is -1.07. The van der Waals surface area contributed by atoms with E-state index in [1.807, 2.05) is 6.92 Å². The number of phenols is 2. The fraction of sp³-hybridized carbons (Fsp3) is 0.387. The van der Waals surface area contributed by atoms with Crippen LogP contribution in [0.1, 0.15) is 73.1 Å². The molecular formula is C31H29NO11. The Labute approximate surface area is 243 Å². The van der Waals surface area contributed by atoms with Gasteiger partial charge in [-0.05, 0) is 25.3 Å². The molecule has 0 fully saturated rings. The lowest BCUT2D eigenvalue weighted by Gasteiger charge is -2.35. The summed E-state index contributed by atoms with van der Waals surface area (Å²) in [7, 11) is 2.99. The number of hydrogen-bond acceptors (Lipinski definition) is 11. The van der Waals surface area contributed by atoms with E-state index >= 15 is 0 Å². The molecule has 0 amide bonds. The number of hydrogen-bond donors (Lipinski definition) is 3. The second kappa shape index (κ2) is 9.48. The van der Waals surface area contributed by atoms with Gasteiger partial charge in [0.2, 0.25) is 5.43 Å². The summed E-state index contributed by atoms with van der Waals surface area (Å²) >= 11 is 0. The lowest BCUT2D eigenvalue weighted by molar-refractivity contribution is -0.149. The summed E-state index contributed by atoms with van der Waals surface area (Å²) in [6, 6.07) is 1.80. The molecule has 3 aliphatic rings. The lowest BCUT2D eigenvalue weighted by Crippen LogP contribution is -2.27. The Morgan fingerprint density at radius 3 is 2.56 bits per heavy atom. The second-order valence-corrected chi connectivity index (χ2v) is 11.1. The number of benzene rings is 2. The van der Waals surface area contributed by atoms with E-state index in [1.165, 1.54) is 18.6 Å². The predicted molar refractivity (Wildman–Crippen MR) is 152 cm³/mol. The monoisotopic (exact) mass is 591 g/mol. The van der Waals surface area contributed by atoms with Gasteiger partial charge in [-0.3, -0.25) is 14.4 Å². The van der Waals surface area contributed by atoms with E-state index in [-0.39, 0.29) is 70.6 Å². The zero-order valence-corrected chi connectivity index (χ0v) is 23.9. The molecule has 0 bridgehead atoms. The van der Waals surface area contributed by atoms with Gasteiger partial charge in [0, 0.05) is 53.7 Å². The van der Waals surface area contributed by atoms with E-state index < -0.39 is 46.8 Å². The fourth-order valence-corrected chi connectivity index (χ4v) is 6.92. The molecule has 3 heterocycles. The smallest absolute Gasteiger partial charge is 0.303 e. The van der Waals surface area contributed by atoms with Gasteiger partial charge in [-0.1, -0.05) is 6.92 Å². The maximum atomic E-state index is 14.0. The number of esters is 1. The van der Waals surface area contributed by atoms with E-state index in [0.717, 1.165) is 5.69 Å². The number of aliphatic hydroxyl groups excluding tert-OH is 1. The van der Waals surface area contributed by atoms with Crippen LogP contribution in [0.5, 0.6) is 23.0 Å². The Morgan fingerprint density at radius 2 is 1.86 bits per heavy atom. The van der Waals surface area contributed by atoms with Crippen molar-refractivity contribution in [3.8, 4) is 34.1 Å². The highest BCUT2D eigenvalue weighted by atomic mass is 16.7. The van der Waals surface area contributed by atoms with E-state index in [9.17, 15) is 29.7 Å². The predicted octanol–water partition coefficient (Wildman–Crippen LogP) is 3.69. The zero-order valence-electron chi connectivity index (χ0n) is 23.9. The standard InChI is InChI=1S/C31H29NO11/c1-5-12-8-13-19(31(38)32(12)3)25(36)22-18-14(9-17-21(22)27(13)41-10-40-17)28(39-4)30-23(24(18)35)26(37)20-15(34)6-7-16(29(20)43-30)42-11(2)33/h8,15-17,34-36H,5-7,9-10H2,1-4H3/t15?,16?,17-/m0/s1. The molecule has 2 unspecified atom stereocenters. The third-order valence-electron chi connectivity index (χ3n) is 8.83. The van der Waals surface area contributed by atoms with E-state index in [2.05, 4.69) is 0 Å². The minimum atomic E-state index is -1.23. The van der Waals surface area contributed by atoms with Crippen LogP contribution in [0.4, 0.5) is 0 Å². The Bertz CT molecular complexity index is 2020. The lowest BCUT2D eigenvalue weighted by atomic mass is 9.78. The summed E-state index contributed by atoms with van der Waals surface area (Å²) in [5.41, 5.74) is 0.285. The number of ether oxygens (including phenoxy) is 4. The first-order chi connectivity index (χ1) is 20.6. The van der Waals surface area contributed by atoms with Crippen molar-refractivity contribution in [2.24, 2.45) is 7.05 Å². The van der Waals surface area contributed by atoms with Crippen molar-refractivity contribution in [2.75, 3.05) is 13.9 Å². The van der Waals surface area contributed by atoms with Crippen molar-refractivity contribution in [1.82, 2.24) is 4.57 Å². The molecule has 0 radical (unpaired) electrons. The molecule has 224 valence electrons. The number of carbonyl (C=O) groups is 1. The van der Waals surface area contributed by atoms with Gasteiger partial charge >= 0.3 is 5.97 Å². The van der Waals surface area contributed by atoms with Gasteiger partial charge in [0.05, 0.1) is 30.3 Å². The van der Waals surface area contributed by atoms with E-state index in [0.29, 0.717) is 28.7 Å². The van der Waals surface area contributed by atoms with E-state index in [4.69, 9.17) is 23.4 Å². The highest BCUT2D eigenvalue weighted by Crippen LogP contribution is 2.59. The number of pyridine rings is 1. The third-order valence-corrected chi connectivity index (χ3v) is 8.83. The SMILES string of the molecule is CCc1cc2c3c4c(c(O)c2c(=O)n1C)-c1c(c(OC)c2oc5c(c(=O)c2c1O)C(O)CCC5OC(C)=O)C[C@@H]4OCO3. The molecule has 0 saturated heterocycles. The Morgan fingerprint density at radius 1 is 1.12 bits per heavy atom. The van der Waals surface area contributed by atoms with Gasteiger partial charge in [0.15, 0.2) is 30.0 Å². The number of fused-ring (bicyclic) bond motifs is 6. The largest absolute Gasteiger partial charge is 0.506 e. The van der Waals surface area contributed by atoms with Gasteiger partial charge in [-0.25, -0.2) is 0 Å². The number of aromatic hydroxyl groups is 2. The normalized spacial score (nSPS) is 20.3. The van der Waals surface area contributed by atoms with Crippen LogP contribution in [0.3, 0.4) is 0 Å². The molecule has 4 aromatic rings. The van der Waals surface area contributed by atoms with Crippen LogP contribution in [-0.4, -0.2) is 39.8 Å². The minimum absolute atomic E-state index is 0.00228. The molecular weight excluding hydrogens is 562 g/mol. The highest BCUT2D eigenvalue weighted by Gasteiger charge is 2.42. The fourth-order valence-electron chi connectivity index (χ4n) is 6.92. The summed E-state index contributed by atoms with van der Waals surface area (Å²) in [6.07, 6.45) is -1.73. The van der Waals surface area contributed by atoms with Crippen LogP contribution < -0.4 is 20.5 Å². The topological polar surface area (TPSA) is 167 Å². The Balaban J connectivity index is 1.63. The number of nitrogens with zero attached hydrogens (tertiary/aromatic N) is 1. The quantitative estimate of drug-likeness (QED) is 0.297. The summed E-state index contributed by atoms with van der Waals surface area (Å²) in [4.78, 5) is 39.4. The molecule has 1 aliphatic heterocycles. The first-order valence-corrected chi connectivity index (χ1v) is 14.0. The molecule has 3 N–H and O–H groups in total. The van der Waals surface area contributed by atoms with Crippen LogP contribution in [-0.2, 0) is 34.2 Å². The molecule has 7 rings (SSSR count). The van der Waals surface area contributed by atoms with Gasteiger partial charge in [-0.15, -0.1) is 0 Å². The molecule has 0 spiro atoms. The van der Waals surface area contributed by atoms with Gasteiger partial charge in [0.25, 0.3) is 5.56 Å². The van der Waals surface area contributed by atoms with Gasteiger partial charge in [-0.2, -0.15) is 0 Å². The molecule has 12 heteroatoms. The van der Waals surface area contributed by atoms with Crippen molar-refractivity contribution in [3.63, 3.8) is 0 Å². The Hall–Kier alpha value is -4.55. The molecule has 2 aromatic heterocycles. The van der Waals surface area contributed by atoms with Crippen LogP contribution in [0, 0.1) is 0 Å². The van der Waals surface area contributed by atoms with Gasteiger partial charge in [0.1, 0.15) is 22.6 Å². The number of rotatable bonds is 3. The first kappa shape index (κ1) is 27.3. The average molecular weight is 592 g/mol. The first-order valence-electron chi connectivity index (χ1n) is 14.0.